The maximum atomic E-state index is 11.4. The van der Waals surface area contributed by atoms with Crippen LogP contribution in [0.15, 0.2) is 18.2 Å². The third-order valence-corrected chi connectivity index (χ3v) is 6.38. The number of carbonyl (C=O) groups excluding carboxylic acids is 1. The predicted molar refractivity (Wildman–Crippen MR) is 123 cm³/mol. The van der Waals surface area contributed by atoms with E-state index in [0.717, 1.165) is 82.5 Å². The zero-order valence-corrected chi connectivity index (χ0v) is 19.5. The number of ether oxygens (including phenoxy) is 3. The summed E-state index contributed by atoms with van der Waals surface area (Å²) in [6.45, 7) is 12.4. The highest BCUT2D eigenvalue weighted by molar-refractivity contribution is 5.73. The van der Waals surface area contributed by atoms with Crippen molar-refractivity contribution in [2.45, 2.75) is 45.6 Å². The topological polar surface area (TPSA) is 54.5 Å². The van der Waals surface area contributed by atoms with Crippen molar-refractivity contribution in [3.8, 4) is 11.5 Å². The molecule has 1 saturated carbocycles. The molecule has 2 aliphatic heterocycles. The number of morpholine rings is 1. The number of methoxy groups -OCH3 is 1. The van der Waals surface area contributed by atoms with Gasteiger partial charge < -0.3 is 24.0 Å². The molecular weight excluding hydrogens is 394 g/mol. The molecule has 0 spiro atoms. The van der Waals surface area contributed by atoms with Gasteiger partial charge in [-0.05, 0) is 44.4 Å². The number of hydrogen-bond donors (Lipinski definition) is 0. The zero-order chi connectivity index (χ0) is 22.1. The standard InChI is InChI=1S/C18H26N2O3.C6H13NO/c1-14(21)19-9-11-20(12-10-19)15-7-8-17(22-2)18(13-15)23-16-5-3-4-6-16;1-2-7-3-5-8-6-4-7/h7-8,13,16H,3-6,9-12H2,1-2H3;2-6H2,1H3. The van der Waals surface area contributed by atoms with Crippen LogP contribution in [0.2, 0.25) is 0 Å². The average Bonchev–Trinajstić information content (AvgIpc) is 3.33. The lowest BCUT2D eigenvalue weighted by Gasteiger charge is -2.36. The molecule has 174 valence electrons. The van der Waals surface area contributed by atoms with Crippen molar-refractivity contribution in [1.29, 1.82) is 0 Å². The van der Waals surface area contributed by atoms with Crippen molar-refractivity contribution < 1.29 is 19.0 Å². The molecule has 0 atom stereocenters. The van der Waals surface area contributed by atoms with Gasteiger partial charge in [0.25, 0.3) is 0 Å². The SMILES string of the molecule is CCN1CCOCC1.COc1ccc(N2CCN(C(C)=O)CC2)cc1OC1CCCC1. The van der Waals surface area contributed by atoms with E-state index in [9.17, 15) is 4.79 Å². The number of nitrogens with zero attached hydrogens (tertiary/aromatic N) is 3. The van der Waals surface area contributed by atoms with E-state index in [-0.39, 0.29) is 5.91 Å². The van der Waals surface area contributed by atoms with Crippen LogP contribution in [0, 0.1) is 0 Å². The summed E-state index contributed by atoms with van der Waals surface area (Å²) in [5.74, 6) is 1.79. The minimum absolute atomic E-state index is 0.157. The summed E-state index contributed by atoms with van der Waals surface area (Å²) >= 11 is 0. The van der Waals surface area contributed by atoms with Crippen LogP contribution in [0.3, 0.4) is 0 Å². The average molecular weight is 434 g/mol. The van der Waals surface area contributed by atoms with Crippen molar-refractivity contribution in [2.75, 3.05) is 71.0 Å². The molecule has 7 nitrogen and oxygen atoms in total. The first-order valence-electron chi connectivity index (χ1n) is 11.8. The van der Waals surface area contributed by atoms with Crippen LogP contribution in [-0.4, -0.2) is 87.9 Å². The Morgan fingerprint density at radius 1 is 1.03 bits per heavy atom. The molecule has 2 heterocycles. The summed E-state index contributed by atoms with van der Waals surface area (Å²) in [7, 11) is 1.68. The number of likely N-dealkylation sites (N-methyl/N-ethyl adjacent to an activating group) is 1. The molecule has 0 unspecified atom stereocenters. The van der Waals surface area contributed by atoms with E-state index >= 15 is 0 Å². The lowest BCUT2D eigenvalue weighted by Crippen LogP contribution is -2.48. The fourth-order valence-electron chi connectivity index (χ4n) is 4.34. The monoisotopic (exact) mass is 433 g/mol. The second-order valence-electron chi connectivity index (χ2n) is 8.40. The number of carbonyl (C=O) groups is 1. The molecule has 31 heavy (non-hydrogen) atoms. The molecule has 1 aromatic rings. The molecular formula is C24H39N3O4. The van der Waals surface area contributed by atoms with Crippen molar-refractivity contribution in [2.24, 2.45) is 0 Å². The first-order valence-corrected chi connectivity index (χ1v) is 11.8. The smallest absolute Gasteiger partial charge is 0.219 e. The molecule has 3 fully saturated rings. The number of anilines is 1. The second-order valence-corrected chi connectivity index (χ2v) is 8.40. The minimum atomic E-state index is 0.157. The summed E-state index contributed by atoms with van der Waals surface area (Å²) in [6.07, 6.45) is 5.07. The second kappa shape index (κ2) is 12.2. The van der Waals surface area contributed by atoms with E-state index in [1.165, 1.54) is 19.4 Å². The van der Waals surface area contributed by atoms with E-state index in [4.69, 9.17) is 14.2 Å². The first kappa shape index (κ1) is 23.7. The number of rotatable bonds is 5. The molecule has 0 radical (unpaired) electrons. The number of benzene rings is 1. The van der Waals surface area contributed by atoms with E-state index in [1.54, 1.807) is 14.0 Å². The molecule has 3 aliphatic rings. The Morgan fingerprint density at radius 3 is 2.26 bits per heavy atom. The normalized spacial score (nSPS) is 20.2. The van der Waals surface area contributed by atoms with E-state index in [0.29, 0.717) is 6.10 Å². The highest BCUT2D eigenvalue weighted by Gasteiger charge is 2.22. The highest BCUT2D eigenvalue weighted by atomic mass is 16.5. The van der Waals surface area contributed by atoms with Gasteiger partial charge in [0.05, 0.1) is 26.4 Å². The Hall–Kier alpha value is -1.99. The van der Waals surface area contributed by atoms with Gasteiger partial charge in [0.2, 0.25) is 5.91 Å². The van der Waals surface area contributed by atoms with Gasteiger partial charge in [-0.2, -0.15) is 0 Å². The first-order chi connectivity index (χ1) is 15.1. The van der Waals surface area contributed by atoms with Gasteiger partial charge in [0, 0.05) is 57.9 Å². The number of amides is 1. The molecule has 1 aromatic carbocycles. The number of piperazine rings is 1. The molecule has 0 N–H and O–H groups in total. The van der Waals surface area contributed by atoms with Gasteiger partial charge in [-0.3, -0.25) is 9.69 Å². The van der Waals surface area contributed by atoms with Crippen LogP contribution in [0.1, 0.15) is 39.5 Å². The molecule has 2 saturated heterocycles. The highest BCUT2D eigenvalue weighted by Crippen LogP contribution is 2.35. The van der Waals surface area contributed by atoms with Crippen molar-refractivity contribution in [1.82, 2.24) is 9.80 Å². The Labute approximate surface area is 187 Å². The molecule has 0 bridgehead atoms. The Bertz CT molecular complexity index is 679. The van der Waals surface area contributed by atoms with Gasteiger partial charge in [-0.1, -0.05) is 6.92 Å². The van der Waals surface area contributed by atoms with Crippen molar-refractivity contribution in [3.63, 3.8) is 0 Å². The predicted octanol–water partition coefficient (Wildman–Crippen LogP) is 3.02. The quantitative estimate of drug-likeness (QED) is 0.712. The zero-order valence-electron chi connectivity index (χ0n) is 19.5. The van der Waals surface area contributed by atoms with Crippen LogP contribution >= 0.6 is 0 Å². The third kappa shape index (κ3) is 7.01. The largest absolute Gasteiger partial charge is 0.493 e. The maximum absolute atomic E-state index is 11.4. The van der Waals surface area contributed by atoms with E-state index < -0.39 is 0 Å². The Kier molecular flexibility index (Phi) is 9.28. The van der Waals surface area contributed by atoms with Crippen LogP contribution < -0.4 is 14.4 Å². The van der Waals surface area contributed by atoms with Gasteiger partial charge in [0.1, 0.15) is 0 Å². The minimum Gasteiger partial charge on any atom is -0.493 e. The molecule has 7 heteroatoms. The fourth-order valence-corrected chi connectivity index (χ4v) is 4.34. The molecule has 4 rings (SSSR count). The fraction of sp³-hybridized carbons (Fsp3) is 0.708. The lowest BCUT2D eigenvalue weighted by molar-refractivity contribution is -0.129. The summed E-state index contributed by atoms with van der Waals surface area (Å²) in [5, 5.41) is 0. The van der Waals surface area contributed by atoms with Crippen LogP contribution in [0.25, 0.3) is 0 Å². The molecule has 0 aromatic heterocycles. The molecule has 1 aliphatic carbocycles. The van der Waals surface area contributed by atoms with Crippen molar-refractivity contribution >= 4 is 11.6 Å². The third-order valence-electron chi connectivity index (χ3n) is 6.38. The summed E-state index contributed by atoms with van der Waals surface area (Å²) in [5.41, 5.74) is 1.14. The molecule has 1 amide bonds. The summed E-state index contributed by atoms with van der Waals surface area (Å²) in [4.78, 5) is 18.0. The van der Waals surface area contributed by atoms with Crippen LogP contribution in [0.4, 0.5) is 5.69 Å². The maximum Gasteiger partial charge on any atom is 0.219 e. The lowest BCUT2D eigenvalue weighted by atomic mass is 10.2. The van der Waals surface area contributed by atoms with E-state index in [1.807, 2.05) is 11.0 Å². The van der Waals surface area contributed by atoms with Gasteiger partial charge in [0.15, 0.2) is 11.5 Å². The van der Waals surface area contributed by atoms with E-state index in [2.05, 4.69) is 28.9 Å². The number of hydrogen-bond acceptors (Lipinski definition) is 6. The van der Waals surface area contributed by atoms with Crippen LogP contribution in [-0.2, 0) is 9.53 Å². The van der Waals surface area contributed by atoms with Gasteiger partial charge in [-0.15, -0.1) is 0 Å². The summed E-state index contributed by atoms with van der Waals surface area (Å²) in [6, 6.07) is 6.14. The van der Waals surface area contributed by atoms with Crippen molar-refractivity contribution in [3.05, 3.63) is 18.2 Å². The van der Waals surface area contributed by atoms with Gasteiger partial charge in [-0.25, -0.2) is 0 Å². The summed E-state index contributed by atoms with van der Waals surface area (Å²) < 4.78 is 16.8. The Morgan fingerprint density at radius 2 is 1.71 bits per heavy atom. The Balaban J connectivity index is 0.000000287. The van der Waals surface area contributed by atoms with Gasteiger partial charge >= 0.3 is 0 Å². The van der Waals surface area contributed by atoms with Crippen LogP contribution in [0.5, 0.6) is 11.5 Å².